The largest absolute Gasteiger partial charge is 0.481 e. The summed E-state index contributed by atoms with van der Waals surface area (Å²) in [6.45, 7) is 1.92. The number of carbonyl (C=O) groups is 2. The molecule has 4 nitrogen and oxygen atoms in total. The molecule has 1 aliphatic rings. The van der Waals surface area contributed by atoms with Gasteiger partial charge in [0.1, 0.15) is 6.29 Å². The van der Waals surface area contributed by atoms with Gasteiger partial charge in [0.15, 0.2) is 0 Å². The third-order valence-corrected chi connectivity index (χ3v) is 6.88. The Bertz CT molecular complexity index is 1250. The number of halogens is 1. The Morgan fingerprint density at radius 3 is 2.22 bits per heavy atom. The van der Waals surface area contributed by atoms with Gasteiger partial charge in [-0.15, -0.1) is 0 Å². The maximum Gasteiger partial charge on any atom is 0.306 e. The highest BCUT2D eigenvalue weighted by molar-refractivity contribution is 8.00. The SMILES string of the molecule is CCC(CC1=CC=CC=CC1)C(=O)O.O=Cc1ccc(-c2ccc(NSc3ccc(Cl)cc3)cc2)cc1. The molecule has 0 amide bonds. The summed E-state index contributed by atoms with van der Waals surface area (Å²) in [5, 5.41) is 9.65. The van der Waals surface area contributed by atoms with E-state index in [1.807, 2.05) is 91.9 Å². The number of rotatable bonds is 9. The highest BCUT2D eigenvalue weighted by atomic mass is 35.5. The zero-order valence-corrected chi connectivity index (χ0v) is 22.2. The lowest BCUT2D eigenvalue weighted by Gasteiger charge is -2.10. The Morgan fingerprint density at radius 2 is 1.62 bits per heavy atom. The van der Waals surface area contributed by atoms with Gasteiger partial charge in [-0.05, 0) is 78.7 Å². The molecule has 0 spiro atoms. The molecule has 2 N–H and O–H groups in total. The van der Waals surface area contributed by atoms with E-state index in [9.17, 15) is 9.59 Å². The number of benzene rings is 3. The van der Waals surface area contributed by atoms with Crippen LogP contribution < -0.4 is 4.72 Å². The van der Waals surface area contributed by atoms with Crippen LogP contribution in [0.3, 0.4) is 0 Å². The highest BCUT2D eigenvalue weighted by Crippen LogP contribution is 2.26. The Hall–Kier alpha value is -3.54. The summed E-state index contributed by atoms with van der Waals surface area (Å²) in [4.78, 5) is 22.6. The van der Waals surface area contributed by atoms with Crippen molar-refractivity contribution in [1.82, 2.24) is 0 Å². The second-order valence-corrected chi connectivity index (χ2v) is 9.78. The molecule has 3 aromatic carbocycles. The Labute approximate surface area is 227 Å². The van der Waals surface area contributed by atoms with Gasteiger partial charge in [0.25, 0.3) is 0 Å². The van der Waals surface area contributed by atoms with Crippen molar-refractivity contribution in [2.45, 2.75) is 31.1 Å². The zero-order valence-electron chi connectivity index (χ0n) is 20.6. The molecule has 0 bridgehead atoms. The molecule has 0 aromatic heterocycles. The van der Waals surface area contributed by atoms with Crippen molar-refractivity contribution in [3.63, 3.8) is 0 Å². The summed E-state index contributed by atoms with van der Waals surface area (Å²) in [7, 11) is 0. The molecule has 1 unspecified atom stereocenters. The van der Waals surface area contributed by atoms with Crippen LogP contribution in [0.15, 0.2) is 114 Å². The fourth-order valence-electron chi connectivity index (χ4n) is 3.60. The molecule has 6 heteroatoms. The molecule has 1 atom stereocenters. The van der Waals surface area contributed by atoms with Crippen LogP contribution in [0.1, 0.15) is 36.5 Å². The smallest absolute Gasteiger partial charge is 0.306 e. The first-order valence-electron chi connectivity index (χ1n) is 12.1. The van der Waals surface area contributed by atoms with Crippen molar-refractivity contribution in [2.24, 2.45) is 5.92 Å². The highest BCUT2D eigenvalue weighted by Gasteiger charge is 2.16. The average molecular weight is 532 g/mol. The molecule has 3 aromatic rings. The van der Waals surface area contributed by atoms with E-state index in [-0.39, 0.29) is 5.92 Å². The molecular weight excluding hydrogens is 502 g/mol. The predicted molar refractivity (Wildman–Crippen MR) is 155 cm³/mol. The topological polar surface area (TPSA) is 66.4 Å². The van der Waals surface area contributed by atoms with Crippen LogP contribution in [0.25, 0.3) is 11.1 Å². The Balaban J connectivity index is 0.000000233. The molecule has 0 saturated heterocycles. The van der Waals surface area contributed by atoms with E-state index in [2.05, 4.69) is 22.9 Å². The van der Waals surface area contributed by atoms with Gasteiger partial charge in [0, 0.05) is 21.2 Å². The number of nitrogens with one attached hydrogen (secondary N) is 1. The van der Waals surface area contributed by atoms with Gasteiger partial charge in [-0.1, -0.05) is 90.9 Å². The molecule has 0 heterocycles. The van der Waals surface area contributed by atoms with Gasteiger partial charge < -0.3 is 9.83 Å². The van der Waals surface area contributed by atoms with E-state index in [0.29, 0.717) is 18.4 Å². The number of hydrogen-bond acceptors (Lipinski definition) is 4. The van der Waals surface area contributed by atoms with Crippen LogP contribution in [-0.4, -0.2) is 17.4 Å². The minimum absolute atomic E-state index is 0.235. The van der Waals surface area contributed by atoms with Crippen LogP contribution >= 0.6 is 23.5 Å². The Kier molecular flexibility index (Phi) is 11.3. The number of anilines is 1. The van der Waals surface area contributed by atoms with E-state index in [1.54, 1.807) is 11.9 Å². The van der Waals surface area contributed by atoms with Crippen LogP contribution in [0.2, 0.25) is 5.02 Å². The van der Waals surface area contributed by atoms with E-state index in [4.69, 9.17) is 16.7 Å². The quantitative estimate of drug-likeness (QED) is 0.213. The lowest BCUT2D eigenvalue weighted by molar-refractivity contribution is -0.141. The monoisotopic (exact) mass is 531 g/mol. The number of hydrogen-bond donors (Lipinski definition) is 2. The molecule has 0 aliphatic heterocycles. The van der Waals surface area contributed by atoms with Gasteiger partial charge in [0.2, 0.25) is 0 Å². The molecule has 0 saturated carbocycles. The summed E-state index contributed by atoms with van der Waals surface area (Å²) < 4.78 is 3.30. The molecule has 0 fully saturated rings. The van der Waals surface area contributed by atoms with Gasteiger partial charge in [-0.3, -0.25) is 9.59 Å². The van der Waals surface area contributed by atoms with Crippen molar-refractivity contribution in [3.05, 3.63) is 119 Å². The van der Waals surface area contributed by atoms with Crippen molar-refractivity contribution >= 4 is 41.5 Å². The van der Waals surface area contributed by atoms with Gasteiger partial charge in [-0.2, -0.15) is 0 Å². The van der Waals surface area contributed by atoms with Crippen molar-refractivity contribution in [1.29, 1.82) is 0 Å². The first kappa shape index (κ1) is 28.0. The standard InChI is InChI=1S/C19H14ClNOS.C12H16O2/c20-17-7-11-19(12-8-17)23-21-18-9-5-16(6-10-18)15-3-1-14(13-22)2-4-15;1-2-11(12(13)14)9-10-7-5-3-4-6-8-10/h1-13,21H;3-7,11H,2,8-9H2,1H3,(H,13,14). The number of carboxylic acid groups (broad SMARTS) is 1. The minimum atomic E-state index is -0.689. The first-order valence-corrected chi connectivity index (χ1v) is 13.3. The van der Waals surface area contributed by atoms with E-state index in [0.717, 1.165) is 39.4 Å². The summed E-state index contributed by atoms with van der Waals surface area (Å²) in [5.41, 5.74) is 5.12. The normalized spacial score (nSPS) is 13.0. The summed E-state index contributed by atoms with van der Waals surface area (Å²) in [6.07, 6.45) is 13.1. The van der Waals surface area contributed by atoms with Gasteiger partial charge in [0.05, 0.1) is 5.92 Å². The van der Waals surface area contributed by atoms with Crippen molar-refractivity contribution < 1.29 is 14.7 Å². The molecule has 4 rings (SSSR count). The maximum absolute atomic E-state index is 10.8. The lowest BCUT2D eigenvalue weighted by Crippen LogP contribution is -2.13. The van der Waals surface area contributed by atoms with E-state index < -0.39 is 5.97 Å². The summed E-state index contributed by atoms with van der Waals surface area (Å²) in [6, 6.07) is 23.4. The van der Waals surface area contributed by atoms with Crippen LogP contribution in [0, 0.1) is 5.92 Å². The predicted octanol–water partition coefficient (Wildman–Crippen LogP) is 8.87. The number of carboxylic acids is 1. The number of carbonyl (C=O) groups excluding carboxylic acids is 1. The van der Waals surface area contributed by atoms with E-state index in [1.165, 1.54) is 5.57 Å². The molecule has 0 radical (unpaired) electrons. The average Bonchev–Trinajstić information content (AvgIpc) is 3.21. The van der Waals surface area contributed by atoms with Crippen LogP contribution in [0.4, 0.5) is 5.69 Å². The van der Waals surface area contributed by atoms with Crippen LogP contribution in [-0.2, 0) is 4.79 Å². The summed E-state index contributed by atoms with van der Waals surface area (Å²) >= 11 is 7.42. The third kappa shape index (κ3) is 9.45. The fraction of sp³-hybridized carbons (Fsp3) is 0.161. The first-order chi connectivity index (χ1) is 18.0. The summed E-state index contributed by atoms with van der Waals surface area (Å²) in [5.74, 6) is -0.924. The zero-order chi connectivity index (χ0) is 26.5. The second-order valence-electron chi connectivity index (χ2n) is 8.46. The molecule has 1 aliphatic carbocycles. The number of aliphatic carboxylic acids is 1. The van der Waals surface area contributed by atoms with Crippen molar-refractivity contribution in [3.8, 4) is 11.1 Å². The molecule has 190 valence electrons. The minimum Gasteiger partial charge on any atom is -0.481 e. The number of allylic oxidation sites excluding steroid dienone is 6. The van der Waals surface area contributed by atoms with Gasteiger partial charge in [-0.25, -0.2) is 0 Å². The molecular formula is C31H30ClNO3S. The Morgan fingerprint density at radius 1 is 0.973 bits per heavy atom. The second kappa shape index (κ2) is 14.9. The molecule has 37 heavy (non-hydrogen) atoms. The number of aldehydes is 1. The van der Waals surface area contributed by atoms with E-state index >= 15 is 0 Å². The maximum atomic E-state index is 10.8. The lowest BCUT2D eigenvalue weighted by atomic mass is 9.95. The van der Waals surface area contributed by atoms with Crippen LogP contribution in [0.5, 0.6) is 0 Å². The van der Waals surface area contributed by atoms with Crippen molar-refractivity contribution in [2.75, 3.05) is 4.72 Å². The fourth-order valence-corrected chi connectivity index (χ4v) is 4.37. The van der Waals surface area contributed by atoms with Gasteiger partial charge >= 0.3 is 5.97 Å². The third-order valence-electron chi connectivity index (χ3n) is 5.79.